The second-order valence-corrected chi connectivity index (χ2v) is 5.75. The largest absolute Gasteiger partial charge is 0.496 e. The molecule has 3 aromatic rings. The third-order valence-electron chi connectivity index (χ3n) is 4.08. The molecule has 0 bridgehead atoms. The lowest BCUT2D eigenvalue weighted by Gasteiger charge is -2.22. The minimum atomic E-state index is -1.27. The smallest absolute Gasteiger partial charge is 0.254 e. The first-order valence-electron chi connectivity index (χ1n) is 8.28. The van der Waals surface area contributed by atoms with Crippen LogP contribution < -0.4 is 10.1 Å². The Labute approximate surface area is 152 Å². The Kier molecular flexibility index (Phi) is 5.61. The van der Waals surface area contributed by atoms with Crippen LogP contribution >= 0.6 is 0 Å². The van der Waals surface area contributed by atoms with Gasteiger partial charge in [0.15, 0.2) is 6.10 Å². The number of aliphatic hydroxyl groups is 1. The molecule has 0 saturated carbocycles. The lowest BCUT2D eigenvalue weighted by Crippen LogP contribution is -2.34. The summed E-state index contributed by atoms with van der Waals surface area (Å²) in [6.07, 6.45) is 0.398. The lowest BCUT2D eigenvalue weighted by atomic mass is 10.0. The normalized spacial score (nSPS) is 12.8. The standard InChI is InChI=1S/C21H20N2O3/c1-26-18-13-6-5-11-16(18)19(17-12-7-8-14-22-17)23-21(25)20(24)15-9-3-2-4-10-15/h2-14,19-20,24H,1H3,(H,23,25)/t19-,20+/m1/s1. The summed E-state index contributed by atoms with van der Waals surface area (Å²) in [4.78, 5) is 17.0. The fourth-order valence-corrected chi connectivity index (χ4v) is 2.77. The van der Waals surface area contributed by atoms with Gasteiger partial charge in [-0.1, -0.05) is 54.6 Å². The van der Waals surface area contributed by atoms with Crippen LogP contribution in [0.25, 0.3) is 0 Å². The highest BCUT2D eigenvalue weighted by Crippen LogP contribution is 2.29. The van der Waals surface area contributed by atoms with Gasteiger partial charge in [-0.05, 0) is 23.8 Å². The van der Waals surface area contributed by atoms with Gasteiger partial charge in [0.1, 0.15) is 11.8 Å². The second kappa shape index (κ2) is 8.27. The topological polar surface area (TPSA) is 71.5 Å². The number of aliphatic hydroxyl groups excluding tert-OH is 1. The molecule has 132 valence electrons. The van der Waals surface area contributed by atoms with Crippen LogP contribution in [-0.2, 0) is 4.79 Å². The Morgan fingerprint density at radius 2 is 1.69 bits per heavy atom. The number of nitrogens with zero attached hydrogens (tertiary/aromatic N) is 1. The average molecular weight is 348 g/mol. The third kappa shape index (κ3) is 3.90. The summed E-state index contributed by atoms with van der Waals surface area (Å²) in [5, 5.41) is 13.3. The minimum absolute atomic E-state index is 0.502. The molecule has 0 spiro atoms. The van der Waals surface area contributed by atoms with Crippen LogP contribution in [0.5, 0.6) is 5.75 Å². The number of amides is 1. The van der Waals surface area contributed by atoms with Gasteiger partial charge in [-0.3, -0.25) is 9.78 Å². The molecule has 0 radical (unpaired) electrons. The fourth-order valence-electron chi connectivity index (χ4n) is 2.77. The number of aromatic nitrogens is 1. The quantitative estimate of drug-likeness (QED) is 0.718. The number of nitrogens with one attached hydrogen (secondary N) is 1. The average Bonchev–Trinajstić information content (AvgIpc) is 2.72. The summed E-state index contributed by atoms with van der Waals surface area (Å²) in [5.74, 6) is 0.135. The van der Waals surface area contributed by atoms with Crippen molar-refractivity contribution in [3.8, 4) is 5.75 Å². The van der Waals surface area contributed by atoms with Crippen molar-refractivity contribution >= 4 is 5.91 Å². The van der Waals surface area contributed by atoms with E-state index in [4.69, 9.17) is 4.74 Å². The predicted octanol–water partition coefficient (Wildman–Crippen LogP) is 3.03. The number of carbonyl (C=O) groups is 1. The molecule has 0 aliphatic rings. The molecular formula is C21H20N2O3. The Morgan fingerprint density at radius 3 is 2.38 bits per heavy atom. The van der Waals surface area contributed by atoms with Gasteiger partial charge in [-0.15, -0.1) is 0 Å². The predicted molar refractivity (Wildman–Crippen MR) is 98.6 cm³/mol. The number of rotatable bonds is 6. The monoisotopic (exact) mass is 348 g/mol. The number of hydrogen-bond donors (Lipinski definition) is 2. The van der Waals surface area contributed by atoms with Gasteiger partial charge in [0.05, 0.1) is 12.8 Å². The van der Waals surface area contributed by atoms with E-state index in [1.54, 1.807) is 37.6 Å². The Morgan fingerprint density at radius 1 is 1.00 bits per heavy atom. The van der Waals surface area contributed by atoms with Crippen molar-refractivity contribution in [1.82, 2.24) is 10.3 Å². The van der Waals surface area contributed by atoms with Crippen molar-refractivity contribution in [3.05, 3.63) is 95.8 Å². The summed E-state index contributed by atoms with van der Waals surface area (Å²) in [7, 11) is 1.58. The van der Waals surface area contributed by atoms with Crippen LogP contribution in [0.1, 0.15) is 29.0 Å². The first kappa shape index (κ1) is 17.6. The van der Waals surface area contributed by atoms with E-state index in [0.717, 1.165) is 5.56 Å². The Balaban J connectivity index is 1.93. The molecule has 0 aliphatic carbocycles. The van der Waals surface area contributed by atoms with Crippen molar-refractivity contribution in [2.24, 2.45) is 0 Å². The Hall–Kier alpha value is -3.18. The number of methoxy groups -OCH3 is 1. The van der Waals surface area contributed by atoms with E-state index in [1.165, 1.54) is 0 Å². The molecule has 0 aliphatic heterocycles. The van der Waals surface area contributed by atoms with Gasteiger partial charge < -0.3 is 15.2 Å². The number of para-hydroxylation sites is 1. The molecule has 0 saturated heterocycles. The molecule has 2 atom stereocenters. The van der Waals surface area contributed by atoms with E-state index < -0.39 is 18.1 Å². The molecule has 0 unspecified atom stereocenters. The van der Waals surface area contributed by atoms with Crippen molar-refractivity contribution in [2.75, 3.05) is 7.11 Å². The molecule has 1 amide bonds. The summed E-state index contributed by atoms with van der Waals surface area (Å²) in [5.41, 5.74) is 1.96. The van der Waals surface area contributed by atoms with E-state index in [1.807, 2.05) is 48.5 Å². The molecule has 2 N–H and O–H groups in total. The molecular weight excluding hydrogens is 328 g/mol. The summed E-state index contributed by atoms with van der Waals surface area (Å²) in [6.45, 7) is 0. The van der Waals surface area contributed by atoms with E-state index in [2.05, 4.69) is 10.3 Å². The third-order valence-corrected chi connectivity index (χ3v) is 4.08. The van der Waals surface area contributed by atoms with Crippen LogP contribution in [0.2, 0.25) is 0 Å². The number of carbonyl (C=O) groups excluding carboxylic acids is 1. The van der Waals surface area contributed by atoms with Crippen molar-refractivity contribution in [3.63, 3.8) is 0 Å². The first-order chi connectivity index (χ1) is 12.7. The van der Waals surface area contributed by atoms with Gasteiger partial charge in [0.2, 0.25) is 0 Å². The fraction of sp³-hybridized carbons (Fsp3) is 0.143. The van der Waals surface area contributed by atoms with Crippen LogP contribution in [0, 0.1) is 0 Å². The molecule has 5 heteroatoms. The highest BCUT2D eigenvalue weighted by Gasteiger charge is 2.25. The molecule has 26 heavy (non-hydrogen) atoms. The lowest BCUT2D eigenvalue weighted by molar-refractivity contribution is -0.130. The van der Waals surface area contributed by atoms with Gasteiger partial charge in [-0.2, -0.15) is 0 Å². The zero-order chi connectivity index (χ0) is 18.4. The number of hydrogen-bond acceptors (Lipinski definition) is 4. The van der Waals surface area contributed by atoms with Crippen LogP contribution in [0.3, 0.4) is 0 Å². The van der Waals surface area contributed by atoms with Crippen LogP contribution in [0.4, 0.5) is 0 Å². The van der Waals surface area contributed by atoms with E-state index in [-0.39, 0.29) is 0 Å². The number of benzene rings is 2. The summed E-state index contributed by atoms with van der Waals surface area (Å²) in [6, 6.07) is 21.2. The molecule has 1 aromatic heterocycles. The van der Waals surface area contributed by atoms with Gasteiger partial charge >= 0.3 is 0 Å². The van der Waals surface area contributed by atoms with E-state index in [0.29, 0.717) is 17.0 Å². The zero-order valence-corrected chi connectivity index (χ0v) is 14.4. The van der Waals surface area contributed by atoms with Gasteiger partial charge in [0, 0.05) is 11.8 Å². The van der Waals surface area contributed by atoms with Crippen LogP contribution in [0.15, 0.2) is 79.0 Å². The van der Waals surface area contributed by atoms with E-state index >= 15 is 0 Å². The number of pyridine rings is 1. The van der Waals surface area contributed by atoms with Crippen molar-refractivity contribution < 1.29 is 14.6 Å². The molecule has 2 aromatic carbocycles. The number of ether oxygens (including phenoxy) is 1. The van der Waals surface area contributed by atoms with Crippen molar-refractivity contribution in [1.29, 1.82) is 0 Å². The Bertz CT molecular complexity index is 853. The minimum Gasteiger partial charge on any atom is -0.496 e. The highest BCUT2D eigenvalue weighted by atomic mass is 16.5. The maximum Gasteiger partial charge on any atom is 0.254 e. The van der Waals surface area contributed by atoms with Crippen LogP contribution in [-0.4, -0.2) is 23.1 Å². The highest BCUT2D eigenvalue weighted by molar-refractivity contribution is 5.82. The van der Waals surface area contributed by atoms with E-state index in [9.17, 15) is 9.90 Å². The first-order valence-corrected chi connectivity index (χ1v) is 8.28. The second-order valence-electron chi connectivity index (χ2n) is 5.75. The van der Waals surface area contributed by atoms with Gasteiger partial charge in [-0.25, -0.2) is 0 Å². The maximum absolute atomic E-state index is 12.7. The molecule has 0 fully saturated rings. The SMILES string of the molecule is COc1ccccc1[C@@H](NC(=O)[C@@H](O)c1ccccc1)c1ccccn1. The summed E-state index contributed by atoms with van der Waals surface area (Å²) >= 11 is 0. The van der Waals surface area contributed by atoms with Gasteiger partial charge in [0.25, 0.3) is 5.91 Å². The maximum atomic E-state index is 12.7. The van der Waals surface area contributed by atoms with Crippen molar-refractivity contribution in [2.45, 2.75) is 12.1 Å². The molecule has 5 nitrogen and oxygen atoms in total. The molecule has 1 heterocycles. The summed E-state index contributed by atoms with van der Waals surface area (Å²) < 4.78 is 5.43. The zero-order valence-electron chi connectivity index (χ0n) is 14.4. The molecule has 3 rings (SSSR count).